The molecule has 28 heavy (non-hydrogen) atoms. The van der Waals surface area contributed by atoms with Crippen LogP contribution in [0.15, 0.2) is 64.5 Å². The van der Waals surface area contributed by atoms with E-state index in [-0.39, 0.29) is 11.9 Å². The predicted octanol–water partition coefficient (Wildman–Crippen LogP) is 5.17. The molecule has 0 aromatic heterocycles. The summed E-state index contributed by atoms with van der Waals surface area (Å²) in [5, 5.41) is 3.54. The number of thioether (sulfide) groups is 2. The predicted molar refractivity (Wildman–Crippen MR) is 120 cm³/mol. The van der Waals surface area contributed by atoms with Gasteiger partial charge in [-0.15, -0.1) is 11.8 Å². The zero-order valence-corrected chi connectivity index (χ0v) is 17.7. The number of carbonyl (C=O) groups excluding carboxylic acids is 1. The van der Waals surface area contributed by atoms with Gasteiger partial charge in [0.05, 0.1) is 13.2 Å². The van der Waals surface area contributed by atoms with Gasteiger partial charge in [0.15, 0.2) is 5.17 Å². The van der Waals surface area contributed by atoms with Crippen molar-refractivity contribution in [3.05, 3.63) is 65.7 Å². The van der Waals surface area contributed by atoms with Crippen molar-refractivity contribution in [3.8, 4) is 5.75 Å². The average molecular weight is 413 g/mol. The van der Waals surface area contributed by atoms with E-state index in [0.29, 0.717) is 5.17 Å². The van der Waals surface area contributed by atoms with Gasteiger partial charge in [-0.1, -0.05) is 43.0 Å². The summed E-state index contributed by atoms with van der Waals surface area (Å²) in [7, 11) is 1.65. The third kappa shape index (κ3) is 5.91. The number of aliphatic imine (C=N–C) groups is 1. The summed E-state index contributed by atoms with van der Waals surface area (Å²) in [5.74, 6) is 2.61. The van der Waals surface area contributed by atoms with Crippen molar-refractivity contribution < 1.29 is 9.53 Å². The fraction of sp³-hybridized carbons (Fsp3) is 0.273. The SMILES string of the molecule is CCCSc1ccc(/C=C/C(=O)NC2=NC(c3ccc(OC)cc3)CS2)cc1. The van der Waals surface area contributed by atoms with Gasteiger partial charge < -0.3 is 10.1 Å². The van der Waals surface area contributed by atoms with Crippen LogP contribution in [0.2, 0.25) is 0 Å². The van der Waals surface area contributed by atoms with Crippen molar-refractivity contribution in [3.63, 3.8) is 0 Å². The summed E-state index contributed by atoms with van der Waals surface area (Å²) in [6, 6.07) is 16.2. The standard InChI is InChI=1S/C22H24N2O2S2/c1-3-14-27-19-11-4-16(5-12-19)6-13-21(25)24-22-23-20(15-28-22)17-7-9-18(26-2)10-8-17/h4-13,20H,3,14-15H2,1-2H3,(H,23,24,25)/b13-6+. The van der Waals surface area contributed by atoms with E-state index in [1.54, 1.807) is 24.9 Å². The first-order valence-electron chi connectivity index (χ1n) is 9.24. The molecule has 1 atom stereocenters. The van der Waals surface area contributed by atoms with E-state index in [1.165, 1.54) is 4.90 Å². The summed E-state index contributed by atoms with van der Waals surface area (Å²) in [5.41, 5.74) is 2.13. The van der Waals surface area contributed by atoms with Crippen LogP contribution in [0.1, 0.15) is 30.5 Å². The van der Waals surface area contributed by atoms with Crippen molar-refractivity contribution in [1.29, 1.82) is 0 Å². The van der Waals surface area contributed by atoms with Gasteiger partial charge in [-0.25, -0.2) is 0 Å². The average Bonchev–Trinajstić information content (AvgIpc) is 3.20. The van der Waals surface area contributed by atoms with Gasteiger partial charge in [-0.3, -0.25) is 9.79 Å². The van der Waals surface area contributed by atoms with Gasteiger partial charge in [0, 0.05) is 16.7 Å². The molecule has 1 N–H and O–H groups in total. The highest BCUT2D eigenvalue weighted by molar-refractivity contribution is 8.14. The smallest absolute Gasteiger partial charge is 0.249 e. The van der Waals surface area contributed by atoms with Crippen molar-refractivity contribution >= 4 is 40.7 Å². The highest BCUT2D eigenvalue weighted by atomic mass is 32.2. The summed E-state index contributed by atoms with van der Waals surface area (Å²) < 4.78 is 5.19. The van der Waals surface area contributed by atoms with Crippen LogP contribution in [0.3, 0.4) is 0 Å². The van der Waals surface area contributed by atoms with E-state index in [0.717, 1.165) is 34.8 Å². The Labute approximate surface area is 174 Å². The number of hydrogen-bond acceptors (Lipinski definition) is 5. The molecule has 2 aromatic carbocycles. The molecule has 146 valence electrons. The molecule has 0 fully saturated rings. The van der Waals surface area contributed by atoms with Gasteiger partial charge in [-0.2, -0.15) is 0 Å². The summed E-state index contributed by atoms with van der Waals surface area (Å²) >= 11 is 3.41. The second kappa shape index (κ2) is 10.4. The van der Waals surface area contributed by atoms with Crippen molar-refractivity contribution in [2.45, 2.75) is 24.3 Å². The minimum atomic E-state index is -0.161. The molecule has 0 saturated carbocycles. The van der Waals surface area contributed by atoms with Crippen molar-refractivity contribution in [1.82, 2.24) is 5.32 Å². The quantitative estimate of drug-likeness (QED) is 0.503. The fourth-order valence-electron chi connectivity index (χ4n) is 2.65. The zero-order valence-electron chi connectivity index (χ0n) is 16.1. The molecule has 4 nitrogen and oxygen atoms in total. The molecule has 1 heterocycles. The van der Waals surface area contributed by atoms with E-state index in [9.17, 15) is 4.79 Å². The van der Waals surface area contributed by atoms with E-state index >= 15 is 0 Å². The maximum absolute atomic E-state index is 12.2. The number of carbonyl (C=O) groups is 1. The normalized spacial score (nSPS) is 16.2. The molecular formula is C22H24N2O2S2. The fourth-order valence-corrected chi connectivity index (χ4v) is 4.38. The summed E-state index contributed by atoms with van der Waals surface area (Å²) in [6.07, 6.45) is 4.54. The summed E-state index contributed by atoms with van der Waals surface area (Å²) in [6.45, 7) is 2.18. The van der Waals surface area contributed by atoms with E-state index < -0.39 is 0 Å². The zero-order chi connectivity index (χ0) is 19.8. The number of methoxy groups -OCH3 is 1. The van der Waals surface area contributed by atoms with Gasteiger partial charge in [-0.05, 0) is 53.6 Å². The molecule has 0 spiro atoms. The van der Waals surface area contributed by atoms with Crippen molar-refractivity contribution in [2.75, 3.05) is 18.6 Å². The Morgan fingerprint density at radius 1 is 1.25 bits per heavy atom. The lowest BCUT2D eigenvalue weighted by Gasteiger charge is -2.06. The number of amidine groups is 1. The third-order valence-electron chi connectivity index (χ3n) is 4.16. The molecule has 0 radical (unpaired) electrons. The van der Waals surface area contributed by atoms with E-state index in [4.69, 9.17) is 4.74 Å². The molecule has 6 heteroatoms. The Balaban J connectivity index is 1.53. The molecule has 0 aliphatic carbocycles. The number of rotatable bonds is 7. The first-order valence-corrected chi connectivity index (χ1v) is 11.2. The Hall–Kier alpha value is -2.18. The molecule has 0 saturated heterocycles. The summed E-state index contributed by atoms with van der Waals surface area (Å²) in [4.78, 5) is 18.1. The maximum atomic E-state index is 12.2. The number of hydrogen-bond donors (Lipinski definition) is 1. The second-order valence-electron chi connectivity index (χ2n) is 6.27. The monoisotopic (exact) mass is 412 g/mol. The molecule has 0 bridgehead atoms. The highest BCUT2D eigenvalue weighted by Crippen LogP contribution is 2.30. The number of benzene rings is 2. The molecule has 1 amide bonds. The van der Waals surface area contributed by atoms with Crippen LogP contribution in [-0.2, 0) is 4.79 Å². The van der Waals surface area contributed by atoms with Crippen LogP contribution in [-0.4, -0.2) is 29.7 Å². The lowest BCUT2D eigenvalue weighted by atomic mass is 10.1. The Morgan fingerprint density at radius 3 is 2.68 bits per heavy atom. The Kier molecular flexibility index (Phi) is 7.62. The van der Waals surface area contributed by atoms with Crippen LogP contribution >= 0.6 is 23.5 Å². The molecule has 3 rings (SSSR count). The Bertz CT molecular complexity index is 846. The Morgan fingerprint density at radius 2 is 2.00 bits per heavy atom. The number of ether oxygens (including phenoxy) is 1. The van der Waals surface area contributed by atoms with Gasteiger partial charge in [0.1, 0.15) is 5.75 Å². The van der Waals surface area contributed by atoms with Crippen LogP contribution in [0, 0.1) is 0 Å². The molecule has 2 aromatic rings. The van der Waals surface area contributed by atoms with Crippen molar-refractivity contribution in [2.24, 2.45) is 4.99 Å². The third-order valence-corrected chi connectivity index (χ3v) is 6.34. The first kappa shape index (κ1) is 20.6. The molecule has 1 aliphatic rings. The highest BCUT2D eigenvalue weighted by Gasteiger charge is 2.20. The van der Waals surface area contributed by atoms with Crippen LogP contribution in [0.5, 0.6) is 5.75 Å². The lowest BCUT2D eigenvalue weighted by molar-refractivity contribution is -0.115. The second-order valence-corrected chi connectivity index (χ2v) is 8.45. The molecule has 1 aliphatic heterocycles. The number of nitrogens with one attached hydrogen (secondary N) is 1. The van der Waals surface area contributed by atoms with Gasteiger partial charge in [0.25, 0.3) is 0 Å². The van der Waals surface area contributed by atoms with Crippen LogP contribution in [0.4, 0.5) is 0 Å². The molecular weight excluding hydrogens is 388 g/mol. The minimum Gasteiger partial charge on any atom is -0.497 e. The van der Waals surface area contributed by atoms with Crippen LogP contribution < -0.4 is 10.1 Å². The maximum Gasteiger partial charge on any atom is 0.249 e. The first-order chi connectivity index (χ1) is 13.7. The topological polar surface area (TPSA) is 50.7 Å². The lowest BCUT2D eigenvalue weighted by Crippen LogP contribution is -2.25. The van der Waals surface area contributed by atoms with Gasteiger partial charge in [0.2, 0.25) is 5.91 Å². The van der Waals surface area contributed by atoms with E-state index in [1.807, 2.05) is 54.2 Å². The minimum absolute atomic E-state index is 0.0587. The van der Waals surface area contributed by atoms with Crippen LogP contribution in [0.25, 0.3) is 6.08 Å². The number of nitrogens with zero attached hydrogens (tertiary/aromatic N) is 1. The van der Waals surface area contributed by atoms with E-state index in [2.05, 4.69) is 29.4 Å². The molecule has 1 unspecified atom stereocenters. The largest absolute Gasteiger partial charge is 0.497 e. The number of amides is 1. The van der Waals surface area contributed by atoms with Gasteiger partial charge >= 0.3 is 0 Å².